The number of carbonyl (C=O) groups is 3. The molecule has 1 aromatic heterocycles. The van der Waals surface area contributed by atoms with Crippen LogP contribution in [0.1, 0.15) is 6.92 Å². The zero-order valence-electron chi connectivity index (χ0n) is 16.7. The van der Waals surface area contributed by atoms with Gasteiger partial charge in [0.05, 0.1) is 10.9 Å². The summed E-state index contributed by atoms with van der Waals surface area (Å²) in [7, 11) is 0. The number of hydrogen-bond acceptors (Lipinski definition) is 6. The fourth-order valence-corrected chi connectivity index (χ4v) is 4.35. The highest BCUT2D eigenvalue weighted by Gasteiger charge is 2.17. The molecule has 3 N–H and O–H groups in total. The standard InChI is InChI=1S/C22H18ClN3O4S2/c1-13(32-15-8-6-14(7-9-15)24-19(27)10-11-20(28)29)21(30)26-22-25-18(12-31-22)16-4-2-3-5-17(16)23/h2-13H,1H3,(H,24,27)(H,28,29)(H,25,26,30)/b11-10+. The highest BCUT2D eigenvalue weighted by atomic mass is 35.5. The maximum Gasteiger partial charge on any atom is 0.328 e. The average Bonchev–Trinajstić information content (AvgIpc) is 3.22. The molecule has 0 bridgehead atoms. The molecule has 2 aromatic carbocycles. The van der Waals surface area contributed by atoms with Crippen molar-refractivity contribution in [2.75, 3.05) is 10.6 Å². The molecule has 0 aliphatic rings. The van der Waals surface area contributed by atoms with Gasteiger partial charge in [-0.3, -0.25) is 9.59 Å². The Kier molecular flexibility index (Phi) is 8.04. The second kappa shape index (κ2) is 10.9. The Morgan fingerprint density at radius 1 is 1.09 bits per heavy atom. The Bertz CT molecular complexity index is 1160. The van der Waals surface area contributed by atoms with Gasteiger partial charge in [0.15, 0.2) is 5.13 Å². The zero-order chi connectivity index (χ0) is 23.1. The molecule has 32 heavy (non-hydrogen) atoms. The number of amides is 2. The second-order valence-corrected chi connectivity index (χ2v) is 9.13. The van der Waals surface area contributed by atoms with E-state index in [1.165, 1.54) is 23.1 Å². The number of nitrogens with one attached hydrogen (secondary N) is 2. The predicted molar refractivity (Wildman–Crippen MR) is 128 cm³/mol. The molecule has 0 fully saturated rings. The number of thiazole rings is 1. The van der Waals surface area contributed by atoms with Gasteiger partial charge >= 0.3 is 5.97 Å². The van der Waals surface area contributed by atoms with Crippen LogP contribution in [0.2, 0.25) is 5.02 Å². The van der Waals surface area contributed by atoms with Gasteiger partial charge in [0.2, 0.25) is 11.8 Å². The number of hydrogen-bond donors (Lipinski definition) is 3. The van der Waals surface area contributed by atoms with Crippen molar-refractivity contribution in [1.29, 1.82) is 0 Å². The number of carbonyl (C=O) groups excluding carboxylic acids is 2. The number of carboxylic acid groups (broad SMARTS) is 1. The van der Waals surface area contributed by atoms with Crippen molar-refractivity contribution >= 4 is 63.3 Å². The maximum atomic E-state index is 12.6. The van der Waals surface area contributed by atoms with E-state index in [4.69, 9.17) is 16.7 Å². The molecule has 0 saturated carbocycles. The molecule has 0 aliphatic heterocycles. The number of aliphatic carboxylic acids is 1. The van der Waals surface area contributed by atoms with E-state index >= 15 is 0 Å². The quantitative estimate of drug-likeness (QED) is 0.299. The summed E-state index contributed by atoms with van der Waals surface area (Å²) in [6.45, 7) is 1.79. The van der Waals surface area contributed by atoms with Gasteiger partial charge in [0, 0.05) is 38.7 Å². The van der Waals surface area contributed by atoms with Gasteiger partial charge < -0.3 is 15.7 Å². The van der Waals surface area contributed by atoms with Crippen LogP contribution in [-0.2, 0) is 14.4 Å². The smallest absolute Gasteiger partial charge is 0.328 e. The second-order valence-electron chi connectivity index (χ2n) is 6.45. The molecule has 3 rings (SSSR count). The van der Waals surface area contributed by atoms with E-state index in [2.05, 4.69) is 15.6 Å². The SMILES string of the molecule is CC(Sc1ccc(NC(=O)/C=C/C(=O)O)cc1)C(=O)Nc1nc(-c2ccccc2Cl)cs1. The van der Waals surface area contributed by atoms with E-state index < -0.39 is 11.9 Å². The summed E-state index contributed by atoms with van der Waals surface area (Å²) in [5, 5.41) is 16.5. The number of halogens is 1. The number of thioether (sulfide) groups is 1. The maximum absolute atomic E-state index is 12.6. The third-order valence-electron chi connectivity index (χ3n) is 4.07. The van der Waals surface area contributed by atoms with Gasteiger partial charge in [0.1, 0.15) is 0 Å². The van der Waals surface area contributed by atoms with Gasteiger partial charge in [-0.25, -0.2) is 9.78 Å². The van der Waals surface area contributed by atoms with Crippen molar-refractivity contribution in [2.24, 2.45) is 0 Å². The molecule has 10 heteroatoms. The largest absolute Gasteiger partial charge is 0.478 e. The fourth-order valence-electron chi connectivity index (χ4n) is 2.54. The minimum Gasteiger partial charge on any atom is -0.478 e. The van der Waals surface area contributed by atoms with Crippen molar-refractivity contribution in [2.45, 2.75) is 17.1 Å². The summed E-state index contributed by atoms with van der Waals surface area (Å²) in [6.07, 6.45) is 1.70. The third-order valence-corrected chi connectivity index (χ3v) is 6.26. The van der Waals surface area contributed by atoms with Crippen LogP contribution in [0, 0.1) is 0 Å². The molecule has 0 spiro atoms. The molecule has 0 radical (unpaired) electrons. The first kappa shape index (κ1) is 23.5. The van der Waals surface area contributed by atoms with Crippen molar-refractivity contribution in [3.05, 3.63) is 71.1 Å². The molecule has 164 valence electrons. The Balaban J connectivity index is 1.55. The van der Waals surface area contributed by atoms with E-state index in [1.54, 1.807) is 37.3 Å². The predicted octanol–water partition coefficient (Wildman–Crippen LogP) is 5.16. The van der Waals surface area contributed by atoms with Crippen LogP contribution in [0.25, 0.3) is 11.3 Å². The van der Waals surface area contributed by atoms with E-state index in [9.17, 15) is 14.4 Å². The molecule has 7 nitrogen and oxygen atoms in total. The zero-order valence-corrected chi connectivity index (χ0v) is 19.1. The monoisotopic (exact) mass is 487 g/mol. The number of benzene rings is 2. The van der Waals surface area contributed by atoms with E-state index in [0.717, 1.165) is 22.6 Å². The van der Waals surface area contributed by atoms with Crippen molar-refractivity contribution in [1.82, 2.24) is 4.98 Å². The minimum atomic E-state index is -1.20. The van der Waals surface area contributed by atoms with Crippen LogP contribution >= 0.6 is 34.7 Å². The van der Waals surface area contributed by atoms with Gasteiger partial charge in [0.25, 0.3) is 0 Å². The lowest BCUT2D eigenvalue weighted by atomic mass is 10.2. The Labute approximate surface area is 197 Å². The molecule has 1 unspecified atom stereocenters. The summed E-state index contributed by atoms with van der Waals surface area (Å²) in [5.74, 6) is -1.93. The lowest BCUT2D eigenvalue weighted by molar-refractivity contribution is -0.131. The Morgan fingerprint density at radius 2 is 1.81 bits per heavy atom. The van der Waals surface area contributed by atoms with Crippen molar-refractivity contribution in [3.63, 3.8) is 0 Å². The number of carboxylic acids is 1. The van der Waals surface area contributed by atoms with Crippen LogP contribution < -0.4 is 10.6 Å². The lowest BCUT2D eigenvalue weighted by Gasteiger charge is -2.11. The minimum absolute atomic E-state index is 0.189. The van der Waals surface area contributed by atoms with Crippen LogP contribution in [0.15, 0.2) is 71.0 Å². The normalized spacial score (nSPS) is 11.8. The third kappa shape index (κ3) is 6.68. The fraction of sp³-hybridized carbons (Fsp3) is 0.0909. The van der Waals surface area contributed by atoms with Crippen LogP contribution in [0.3, 0.4) is 0 Å². The number of nitrogens with zero attached hydrogens (tertiary/aromatic N) is 1. The summed E-state index contributed by atoms with van der Waals surface area (Å²) in [4.78, 5) is 39.9. The molecule has 0 saturated heterocycles. The molecular formula is C22H18ClN3O4S2. The first-order chi connectivity index (χ1) is 15.3. The molecule has 0 aliphatic carbocycles. The first-order valence-electron chi connectivity index (χ1n) is 9.32. The van der Waals surface area contributed by atoms with Gasteiger partial charge in [-0.2, -0.15) is 0 Å². The first-order valence-corrected chi connectivity index (χ1v) is 11.5. The Hall–Kier alpha value is -3.14. The van der Waals surface area contributed by atoms with E-state index in [1.807, 2.05) is 23.6 Å². The van der Waals surface area contributed by atoms with Crippen LogP contribution in [0.4, 0.5) is 10.8 Å². The number of aromatic nitrogens is 1. The van der Waals surface area contributed by atoms with Crippen molar-refractivity contribution < 1.29 is 19.5 Å². The van der Waals surface area contributed by atoms with Gasteiger partial charge in [-0.15, -0.1) is 23.1 Å². The Morgan fingerprint density at radius 3 is 2.50 bits per heavy atom. The number of anilines is 2. The molecule has 2 amide bonds. The van der Waals surface area contributed by atoms with Crippen LogP contribution in [-0.4, -0.2) is 33.1 Å². The van der Waals surface area contributed by atoms with Gasteiger partial charge in [-0.05, 0) is 37.3 Å². The van der Waals surface area contributed by atoms with Crippen molar-refractivity contribution in [3.8, 4) is 11.3 Å². The summed E-state index contributed by atoms with van der Waals surface area (Å²) in [5.41, 5.74) is 2.02. The summed E-state index contributed by atoms with van der Waals surface area (Å²) < 4.78 is 0. The topological polar surface area (TPSA) is 108 Å². The van der Waals surface area contributed by atoms with Crippen LogP contribution in [0.5, 0.6) is 0 Å². The van der Waals surface area contributed by atoms with E-state index in [0.29, 0.717) is 21.5 Å². The molecule has 1 atom stereocenters. The lowest BCUT2D eigenvalue weighted by Crippen LogP contribution is -2.22. The summed E-state index contributed by atoms with van der Waals surface area (Å²) in [6, 6.07) is 14.3. The molecular weight excluding hydrogens is 470 g/mol. The highest BCUT2D eigenvalue weighted by molar-refractivity contribution is 8.00. The van der Waals surface area contributed by atoms with Gasteiger partial charge in [-0.1, -0.05) is 29.8 Å². The highest BCUT2D eigenvalue weighted by Crippen LogP contribution is 2.31. The number of rotatable bonds is 8. The summed E-state index contributed by atoms with van der Waals surface area (Å²) >= 11 is 8.89. The van der Waals surface area contributed by atoms with E-state index in [-0.39, 0.29) is 11.2 Å². The molecule has 1 heterocycles. The molecule has 3 aromatic rings. The average molecular weight is 488 g/mol.